The summed E-state index contributed by atoms with van der Waals surface area (Å²) in [6.07, 6.45) is 4.14. The van der Waals surface area contributed by atoms with Crippen LogP contribution in [0.5, 0.6) is 5.75 Å². The van der Waals surface area contributed by atoms with E-state index < -0.39 is 28.5 Å². The summed E-state index contributed by atoms with van der Waals surface area (Å²) in [5.74, 6) is 0.609. The number of aliphatic hydroxyl groups is 1. The second-order valence-corrected chi connectivity index (χ2v) is 27.0. The maximum Gasteiger partial charge on any atom is 0.192 e. The van der Waals surface area contributed by atoms with E-state index in [2.05, 4.69) is 101 Å². The second kappa shape index (κ2) is 13.3. The summed E-state index contributed by atoms with van der Waals surface area (Å²) < 4.78 is 32.9. The van der Waals surface area contributed by atoms with Gasteiger partial charge in [0.1, 0.15) is 11.3 Å². The molecule has 4 rings (SSSR count). The van der Waals surface area contributed by atoms with Crippen LogP contribution in [0.15, 0.2) is 16.7 Å². The molecule has 2 fully saturated rings. The van der Waals surface area contributed by atoms with Crippen LogP contribution >= 0.6 is 0 Å². The Kier molecular flexibility index (Phi) is 10.8. The first-order valence-corrected chi connectivity index (χ1v) is 23.5. The van der Waals surface area contributed by atoms with E-state index in [4.69, 9.17) is 22.7 Å². The van der Waals surface area contributed by atoms with Crippen LogP contribution in [-0.4, -0.2) is 57.1 Å². The monoisotopic (exact) mass is 676 g/mol. The van der Waals surface area contributed by atoms with E-state index in [0.717, 1.165) is 47.8 Å². The number of rotatable bonds is 12. The highest BCUT2D eigenvalue weighted by Crippen LogP contribution is 2.55. The average molecular weight is 677 g/mol. The summed E-state index contributed by atoms with van der Waals surface area (Å²) in [7, 11) is -4.28. The van der Waals surface area contributed by atoms with Gasteiger partial charge in [0.05, 0.1) is 36.7 Å². The van der Waals surface area contributed by atoms with Gasteiger partial charge < -0.3 is 33.0 Å². The van der Waals surface area contributed by atoms with Crippen molar-refractivity contribution in [1.82, 2.24) is 0 Å². The number of furan rings is 1. The molecule has 0 aliphatic carbocycles. The third-order valence-corrected chi connectivity index (χ3v) is 20.5. The topological polar surface area (TPSA) is 93.8 Å². The van der Waals surface area contributed by atoms with Crippen molar-refractivity contribution in [3.05, 3.63) is 29.0 Å². The van der Waals surface area contributed by atoms with Crippen molar-refractivity contribution in [1.29, 1.82) is 0 Å². The lowest BCUT2D eigenvalue weighted by atomic mass is 9.80. The maximum absolute atomic E-state index is 11.6. The van der Waals surface area contributed by atoms with Crippen molar-refractivity contribution < 1.29 is 33.0 Å². The minimum absolute atomic E-state index is 0.0187. The Balaban J connectivity index is 1.78. The minimum atomic E-state index is -2.18. The van der Waals surface area contributed by atoms with Crippen molar-refractivity contribution in [3.8, 4) is 5.75 Å². The van der Waals surface area contributed by atoms with Gasteiger partial charge in [0.2, 0.25) is 0 Å². The number of ether oxygens (including phenoxy) is 2. The standard InChI is InChI=1S/C37H64O7Si2/c1-15-17-25(29-20-31(44-46(13,14)36(8,9)10)37(34(39)42-29)30(16-2)43-37)27-21-40-33-26(27)19-24(18-23(3)4)32(38)28(33)22-41-45(11,12)35(5,6)7/h19,21,23,25,29-31,34,38-39H,15-18,20,22H2,1-14H3/t25?,29-,30?,31+,34-,37-/m1/s1. The molecule has 9 heteroatoms. The Morgan fingerprint density at radius 3 is 2.17 bits per heavy atom. The molecule has 2 aliphatic rings. The molecule has 262 valence electrons. The molecule has 7 nitrogen and oxygen atoms in total. The number of aromatic hydroxyl groups is 1. The maximum atomic E-state index is 11.6. The molecule has 2 unspecified atom stereocenters. The van der Waals surface area contributed by atoms with Gasteiger partial charge in [0.15, 0.2) is 28.5 Å². The molecule has 46 heavy (non-hydrogen) atoms. The Morgan fingerprint density at radius 2 is 1.65 bits per heavy atom. The molecular weight excluding hydrogens is 613 g/mol. The summed E-state index contributed by atoms with van der Waals surface area (Å²) in [4.78, 5) is 0. The summed E-state index contributed by atoms with van der Waals surface area (Å²) in [5, 5.41) is 24.3. The number of hydrogen-bond donors (Lipinski definition) is 2. The number of hydrogen-bond acceptors (Lipinski definition) is 7. The quantitative estimate of drug-likeness (QED) is 0.171. The number of phenolic OH excluding ortho intramolecular Hbond substituents is 1. The first-order valence-electron chi connectivity index (χ1n) is 17.7. The summed E-state index contributed by atoms with van der Waals surface area (Å²) >= 11 is 0. The summed E-state index contributed by atoms with van der Waals surface area (Å²) in [6, 6.07) is 2.11. The fraction of sp³-hybridized carbons (Fsp3) is 0.784. The fourth-order valence-corrected chi connectivity index (χ4v) is 8.86. The van der Waals surface area contributed by atoms with Gasteiger partial charge in [-0.2, -0.15) is 0 Å². The molecular formula is C37H64O7Si2. The van der Waals surface area contributed by atoms with E-state index >= 15 is 0 Å². The molecule has 0 bridgehead atoms. The predicted octanol–water partition coefficient (Wildman–Crippen LogP) is 9.79. The molecule has 6 atom stereocenters. The normalized spacial score (nSPS) is 26.8. The van der Waals surface area contributed by atoms with E-state index in [1.807, 2.05) is 6.26 Å². The summed E-state index contributed by atoms with van der Waals surface area (Å²) in [5.41, 5.74) is 2.55. The highest BCUT2D eigenvalue weighted by atomic mass is 28.4. The molecule has 2 saturated heterocycles. The highest BCUT2D eigenvalue weighted by molar-refractivity contribution is 6.74. The molecule has 0 amide bonds. The van der Waals surface area contributed by atoms with Crippen LogP contribution in [0.1, 0.15) is 118 Å². The zero-order chi connectivity index (χ0) is 34.6. The SMILES string of the molecule is CCCC(c1coc2c(CO[Si](C)(C)C(C)(C)C)c(O)c(CC(C)C)cc12)[C@H]1C[C@H](O[Si](C)(C)C(C)(C)C)[C@@]2(OC2CC)[C@H](O)O1. The van der Waals surface area contributed by atoms with E-state index in [0.29, 0.717) is 24.5 Å². The van der Waals surface area contributed by atoms with Gasteiger partial charge in [0.25, 0.3) is 0 Å². The lowest BCUT2D eigenvalue weighted by Crippen LogP contribution is -2.58. The molecule has 3 heterocycles. The van der Waals surface area contributed by atoms with E-state index in [1.54, 1.807) is 0 Å². The zero-order valence-electron chi connectivity index (χ0n) is 31.3. The first kappa shape index (κ1) is 37.6. The van der Waals surface area contributed by atoms with Crippen LogP contribution in [0.4, 0.5) is 0 Å². The van der Waals surface area contributed by atoms with Crippen LogP contribution in [0.2, 0.25) is 36.3 Å². The van der Waals surface area contributed by atoms with Crippen molar-refractivity contribution in [3.63, 3.8) is 0 Å². The Morgan fingerprint density at radius 1 is 1.02 bits per heavy atom. The van der Waals surface area contributed by atoms with Gasteiger partial charge in [-0.1, -0.05) is 75.7 Å². The lowest BCUT2D eigenvalue weighted by molar-refractivity contribution is -0.234. The fourth-order valence-electron chi connectivity index (χ4n) is 6.57. The van der Waals surface area contributed by atoms with E-state index in [9.17, 15) is 10.2 Å². The number of benzene rings is 1. The molecule has 1 spiro atoms. The van der Waals surface area contributed by atoms with Crippen LogP contribution in [0.25, 0.3) is 11.0 Å². The molecule has 0 saturated carbocycles. The van der Waals surface area contributed by atoms with Crippen molar-refractivity contribution in [2.75, 3.05) is 0 Å². The predicted molar refractivity (Wildman–Crippen MR) is 192 cm³/mol. The zero-order valence-corrected chi connectivity index (χ0v) is 33.3. The molecule has 2 aliphatic heterocycles. The third-order valence-electron chi connectivity index (χ3n) is 11.5. The second-order valence-electron chi connectivity index (χ2n) is 17.5. The molecule has 2 N–H and O–H groups in total. The van der Waals surface area contributed by atoms with Gasteiger partial charge in [-0.15, -0.1) is 0 Å². The third kappa shape index (κ3) is 7.07. The van der Waals surface area contributed by atoms with Crippen LogP contribution in [-0.2, 0) is 31.4 Å². The minimum Gasteiger partial charge on any atom is -0.507 e. The van der Waals surface area contributed by atoms with Crippen LogP contribution in [0.3, 0.4) is 0 Å². The van der Waals surface area contributed by atoms with Crippen LogP contribution < -0.4 is 0 Å². The Bertz CT molecular complexity index is 1350. The highest BCUT2D eigenvalue weighted by Gasteiger charge is 2.70. The van der Waals surface area contributed by atoms with Crippen molar-refractivity contribution in [2.45, 2.75) is 180 Å². The lowest BCUT2D eigenvalue weighted by Gasteiger charge is -2.46. The van der Waals surface area contributed by atoms with Gasteiger partial charge >= 0.3 is 0 Å². The van der Waals surface area contributed by atoms with Gasteiger partial charge in [-0.25, -0.2) is 0 Å². The summed E-state index contributed by atoms with van der Waals surface area (Å²) in [6.45, 7) is 31.4. The Hall–Kier alpha value is -1.21. The van der Waals surface area contributed by atoms with Gasteiger partial charge in [-0.05, 0) is 73.1 Å². The van der Waals surface area contributed by atoms with Gasteiger partial charge in [0, 0.05) is 23.3 Å². The molecule has 1 aromatic carbocycles. The van der Waals surface area contributed by atoms with Crippen LogP contribution in [0, 0.1) is 5.92 Å². The molecule has 2 aromatic rings. The number of fused-ring (bicyclic) bond motifs is 1. The average Bonchev–Trinajstić information content (AvgIpc) is 3.53. The number of epoxide rings is 1. The number of aliphatic hydroxyl groups excluding tert-OH is 1. The molecule has 0 radical (unpaired) electrons. The van der Waals surface area contributed by atoms with Gasteiger partial charge in [-0.3, -0.25) is 0 Å². The first-order chi connectivity index (χ1) is 21.1. The smallest absolute Gasteiger partial charge is 0.192 e. The Labute approximate surface area is 281 Å². The molecule has 1 aromatic heterocycles. The van der Waals surface area contributed by atoms with E-state index in [-0.39, 0.29) is 40.1 Å². The van der Waals surface area contributed by atoms with Crippen molar-refractivity contribution >= 4 is 27.6 Å². The number of phenols is 1. The van der Waals surface area contributed by atoms with E-state index in [1.165, 1.54) is 0 Å². The largest absolute Gasteiger partial charge is 0.507 e. The van der Waals surface area contributed by atoms with Crippen molar-refractivity contribution in [2.24, 2.45) is 5.92 Å².